The van der Waals surface area contributed by atoms with Crippen molar-refractivity contribution in [3.63, 3.8) is 0 Å². The Labute approximate surface area is 353 Å². The first-order chi connectivity index (χ1) is 26.6. The fourth-order valence-electron chi connectivity index (χ4n) is 8.44. The number of methoxy groups -OCH3 is 1. The number of likely N-dealkylation sites (tertiary alicyclic amines) is 2. The summed E-state index contributed by atoms with van der Waals surface area (Å²) in [7, 11) is -3.56. The van der Waals surface area contributed by atoms with E-state index in [1.54, 1.807) is 35.1 Å². The van der Waals surface area contributed by atoms with Crippen molar-refractivity contribution in [2.75, 3.05) is 20.3 Å². The van der Waals surface area contributed by atoms with Crippen molar-refractivity contribution in [2.24, 2.45) is 17.8 Å². The van der Waals surface area contributed by atoms with Gasteiger partial charge in [0, 0.05) is 42.5 Å². The normalized spacial score (nSPS) is 25.0. The average molecular weight is 860 g/mol. The van der Waals surface area contributed by atoms with E-state index in [0.29, 0.717) is 30.2 Å². The number of benzene rings is 2. The highest BCUT2D eigenvalue weighted by atomic mass is 35.5. The maximum Gasteiger partial charge on any atom is 0.410 e. The van der Waals surface area contributed by atoms with E-state index in [9.17, 15) is 14.7 Å². The number of piperidine rings is 1. The third-order valence-corrected chi connectivity index (χ3v) is 22.6. The zero-order valence-electron chi connectivity index (χ0n) is 37.1. The van der Waals surface area contributed by atoms with Crippen LogP contribution in [0.15, 0.2) is 48.5 Å². The summed E-state index contributed by atoms with van der Waals surface area (Å²) in [5.41, 5.74) is -1.31. The molecule has 2 aromatic rings. The first-order valence-corrected chi connectivity index (χ1v) is 26.7. The molecule has 2 heterocycles. The van der Waals surface area contributed by atoms with Gasteiger partial charge in [-0.25, -0.2) is 9.59 Å². The molecule has 7 atom stereocenters. The quantitative estimate of drug-likeness (QED) is 0.126. The fourth-order valence-corrected chi connectivity index (χ4v) is 10.8. The molecular weight excluding hydrogens is 792 g/mol. The molecular formula is C44H67ClN2O9Si2. The number of carbonyl (C=O) groups is 3. The van der Waals surface area contributed by atoms with Crippen LogP contribution in [-0.2, 0) is 29.7 Å². The summed E-state index contributed by atoms with van der Waals surface area (Å²) in [5, 5.41) is 13.4. The van der Waals surface area contributed by atoms with Crippen LogP contribution in [0.4, 0.5) is 4.79 Å². The molecule has 322 valence electrons. The molecule has 2 aliphatic heterocycles. The molecule has 0 spiro atoms. The molecule has 11 nitrogen and oxygen atoms in total. The summed E-state index contributed by atoms with van der Waals surface area (Å²) >= 11 is 6.33. The number of aliphatic hydroxyl groups is 1. The van der Waals surface area contributed by atoms with Crippen molar-refractivity contribution in [2.45, 2.75) is 148 Å². The zero-order valence-corrected chi connectivity index (χ0v) is 39.9. The Hall–Kier alpha value is -2.95. The van der Waals surface area contributed by atoms with Gasteiger partial charge in [0.15, 0.2) is 16.6 Å². The number of hydrogen-bond donors (Lipinski definition) is 1. The molecule has 5 rings (SSSR count). The number of aliphatic hydroxyl groups excluding tert-OH is 1. The third kappa shape index (κ3) is 9.05. The lowest BCUT2D eigenvalue weighted by atomic mass is 9.57. The molecule has 3 aliphatic rings. The Morgan fingerprint density at radius 1 is 0.948 bits per heavy atom. The second-order valence-corrected chi connectivity index (χ2v) is 30.5. The van der Waals surface area contributed by atoms with Gasteiger partial charge in [0.1, 0.15) is 17.5 Å². The minimum Gasteiger partial charge on any atom is -0.497 e. The zero-order chi connectivity index (χ0) is 43.4. The number of rotatable bonds is 12. The molecule has 14 heteroatoms. The van der Waals surface area contributed by atoms with Crippen LogP contribution in [-0.4, -0.2) is 99.3 Å². The third-order valence-electron chi connectivity index (χ3n) is 13.4. The highest BCUT2D eigenvalue weighted by Gasteiger charge is 2.74. The van der Waals surface area contributed by atoms with Gasteiger partial charge in [-0.2, -0.15) is 0 Å². The van der Waals surface area contributed by atoms with E-state index in [1.165, 1.54) is 6.07 Å². The predicted octanol–water partition coefficient (Wildman–Crippen LogP) is 9.28. The van der Waals surface area contributed by atoms with Crippen molar-refractivity contribution in [3.05, 3.63) is 64.7 Å². The van der Waals surface area contributed by atoms with E-state index < -0.39 is 70.1 Å². The van der Waals surface area contributed by atoms with Crippen molar-refractivity contribution < 1.29 is 42.6 Å². The second kappa shape index (κ2) is 16.5. The molecule has 2 amide bonds. The van der Waals surface area contributed by atoms with Gasteiger partial charge in [-0.15, -0.1) is 0 Å². The highest BCUT2D eigenvalue weighted by molar-refractivity contribution is 6.74. The Bertz CT molecular complexity index is 1820. The lowest BCUT2D eigenvalue weighted by molar-refractivity contribution is -0.214. The number of carbonyl (C=O) groups excluding carboxylic acids is 3. The number of nitrogens with zero attached hydrogens (tertiary/aromatic N) is 2. The van der Waals surface area contributed by atoms with Crippen LogP contribution in [0.25, 0.3) is 0 Å². The topological polar surface area (TPSA) is 124 Å². The maximum absolute atomic E-state index is 15.2. The summed E-state index contributed by atoms with van der Waals surface area (Å²) in [4.78, 5) is 47.3. The van der Waals surface area contributed by atoms with Gasteiger partial charge >= 0.3 is 12.1 Å². The van der Waals surface area contributed by atoms with Gasteiger partial charge in [-0.05, 0) is 106 Å². The van der Waals surface area contributed by atoms with Crippen molar-refractivity contribution in [1.29, 1.82) is 0 Å². The molecule has 2 saturated heterocycles. The fraction of sp³-hybridized carbons (Fsp3) is 0.659. The number of amides is 2. The summed E-state index contributed by atoms with van der Waals surface area (Å²) < 4.78 is 31.8. The van der Waals surface area contributed by atoms with Crippen LogP contribution >= 0.6 is 11.6 Å². The Balaban J connectivity index is 1.76. The molecule has 1 aliphatic carbocycles. The molecule has 0 radical (unpaired) electrons. The molecule has 1 N–H and O–H groups in total. The second-order valence-electron chi connectivity index (χ2n) is 20.5. The van der Waals surface area contributed by atoms with E-state index in [4.69, 9.17) is 34.7 Å². The van der Waals surface area contributed by atoms with Crippen LogP contribution in [0.3, 0.4) is 0 Å². The number of hydrogen-bond acceptors (Lipinski definition) is 9. The summed E-state index contributed by atoms with van der Waals surface area (Å²) in [6, 6.07) is 13.1. The summed E-state index contributed by atoms with van der Waals surface area (Å²) in [6.07, 6.45) is -2.81. The van der Waals surface area contributed by atoms with E-state index in [-0.39, 0.29) is 40.6 Å². The van der Waals surface area contributed by atoms with Crippen molar-refractivity contribution >= 4 is 46.2 Å². The van der Waals surface area contributed by atoms with Crippen LogP contribution in [0.2, 0.25) is 41.3 Å². The molecule has 58 heavy (non-hydrogen) atoms. The lowest BCUT2D eigenvalue weighted by Crippen LogP contribution is -2.77. The number of halogens is 1. The van der Waals surface area contributed by atoms with Gasteiger partial charge in [-0.1, -0.05) is 71.3 Å². The molecule has 2 unspecified atom stereocenters. The number of esters is 1. The van der Waals surface area contributed by atoms with E-state index >= 15 is 4.79 Å². The minimum atomic E-state index is -2.82. The van der Waals surface area contributed by atoms with Crippen LogP contribution in [0, 0.1) is 17.8 Å². The van der Waals surface area contributed by atoms with Crippen LogP contribution < -0.4 is 4.74 Å². The molecule has 4 bridgehead atoms. The Morgan fingerprint density at radius 3 is 2.12 bits per heavy atom. The van der Waals surface area contributed by atoms with Crippen LogP contribution in [0.1, 0.15) is 91.1 Å². The summed E-state index contributed by atoms with van der Waals surface area (Å²) in [5.74, 6) is -1.49. The molecule has 0 aromatic heterocycles. The van der Waals surface area contributed by atoms with Gasteiger partial charge in [-0.3, -0.25) is 4.79 Å². The van der Waals surface area contributed by atoms with Gasteiger partial charge in [0.2, 0.25) is 12.2 Å². The first-order valence-electron chi connectivity index (χ1n) is 20.5. The molecule has 3 fully saturated rings. The lowest BCUT2D eigenvalue weighted by Gasteiger charge is -2.61. The van der Waals surface area contributed by atoms with Gasteiger partial charge in [0.05, 0.1) is 24.3 Å². The average Bonchev–Trinajstić information content (AvgIpc) is 3.27. The monoisotopic (exact) mass is 858 g/mol. The largest absolute Gasteiger partial charge is 0.497 e. The van der Waals surface area contributed by atoms with E-state index in [0.717, 1.165) is 5.56 Å². The maximum atomic E-state index is 15.2. The first kappa shape index (κ1) is 46.1. The molecule has 2 aromatic carbocycles. The molecule has 1 saturated carbocycles. The van der Waals surface area contributed by atoms with Gasteiger partial charge < -0.3 is 38.0 Å². The van der Waals surface area contributed by atoms with Crippen molar-refractivity contribution in [3.8, 4) is 5.75 Å². The number of ether oxygens (including phenoxy) is 3. The smallest absolute Gasteiger partial charge is 0.410 e. The Kier molecular flexibility index (Phi) is 13.1. The summed E-state index contributed by atoms with van der Waals surface area (Å²) in [6.45, 7) is 27.3. The van der Waals surface area contributed by atoms with E-state index in [2.05, 4.69) is 54.6 Å². The predicted molar refractivity (Wildman–Crippen MR) is 231 cm³/mol. The standard InChI is InChI=1S/C44H67ClN2O9Si2/c1-41(2,3)55-40(51)46-23-22-34-33-25-30(27-53-57(11,12)42(4,5)6)35(46)44(34,47(37(33)49)26-28-18-20-32(52-10)21-19-28)36(48)39(56-58(13,14)43(7,8)9)54-38(50)29-16-15-17-31(45)24-29/h15-21,24,30,33-36,39,48H,22-23,25-27H2,1-14H3/t30-,33?,34+,35+,36-,39?,44+/m0/s1. The van der Waals surface area contributed by atoms with E-state index in [1.807, 2.05) is 58.1 Å². The van der Waals surface area contributed by atoms with Gasteiger partial charge in [0.25, 0.3) is 0 Å². The highest BCUT2D eigenvalue weighted by Crippen LogP contribution is 2.60. The minimum absolute atomic E-state index is 0.106. The van der Waals surface area contributed by atoms with Crippen LogP contribution in [0.5, 0.6) is 5.75 Å². The SMILES string of the molecule is COc1ccc(CN2C(=O)C3C[C@@H](CO[Si](C)(C)C(C)(C)C)[C@H]4N(C(=O)OC(C)(C)C)CC[C@H]3[C@]42[C@@H](O)C(OC(=O)c2cccc(Cl)c2)O[Si](C)(C)C(C)(C)C)cc1. The van der Waals surface area contributed by atoms with Crippen molar-refractivity contribution in [1.82, 2.24) is 9.80 Å². The Morgan fingerprint density at radius 2 is 1.57 bits per heavy atom.